The van der Waals surface area contributed by atoms with Gasteiger partial charge in [0.25, 0.3) is 10.0 Å². The number of pyridine rings is 1. The van der Waals surface area contributed by atoms with Gasteiger partial charge in [0.15, 0.2) is 5.82 Å². The van der Waals surface area contributed by atoms with Gasteiger partial charge in [-0.05, 0) is 43.8 Å². The Kier molecular flexibility index (Phi) is 4.54. The highest BCUT2D eigenvalue weighted by Crippen LogP contribution is 2.20. The minimum Gasteiger partial charge on any atom is -0.313 e. The van der Waals surface area contributed by atoms with Crippen molar-refractivity contribution in [2.45, 2.75) is 18.0 Å². The van der Waals surface area contributed by atoms with Crippen LogP contribution in [0.25, 0.3) is 0 Å². The molecule has 7 heteroatoms. The number of halogens is 1. The van der Waals surface area contributed by atoms with Crippen molar-refractivity contribution < 1.29 is 12.8 Å². The Hall–Kier alpha value is -1.99. The van der Waals surface area contributed by atoms with E-state index in [9.17, 15) is 12.8 Å². The van der Waals surface area contributed by atoms with Gasteiger partial charge in [-0.3, -0.25) is 4.72 Å². The van der Waals surface area contributed by atoms with E-state index < -0.39 is 20.9 Å². The van der Waals surface area contributed by atoms with Crippen LogP contribution in [0.5, 0.6) is 0 Å². The number of sulfonamides is 1. The Morgan fingerprint density at radius 1 is 1.24 bits per heavy atom. The number of hydrogen-bond acceptors (Lipinski definition) is 4. The fraction of sp³-hybridized carbons (Fsp3) is 0.214. The summed E-state index contributed by atoms with van der Waals surface area (Å²) in [5.41, 5.74) is 1.28. The molecule has 5 nitrogen and oxygen atoms in total. The smallest absolute Gasteiger partial charge is 0.282 e. The SMILES string of the molecule is CNC(C)c1cccc(NS(=O)(=O)c2ncccc2F)c1. The van der Waals surface area contributed by atoms with E-state index in [2.05, 4.69) is 15.0 Å². The summed E-state index contributed by atoms with van der Waals surface area (Å²) in [5.74, 6) is -0.884. The van der Waals surface area contributed by atoms with Crippen molar-refractivity contribution in [3.63, 3.8) is 0 Å². The molecular formula is C14H16FN3O2S. The molecule has 1 aromatic carbocycles. The van der Waals surface area contributed by atoms with E-state index in [4.69, 9.17) is 0 Å². The van der Waals surface area contributed by atoms with Gasteiger partial charge in [0.2, 0.25) is 5.03 Å². The monoisotopic (exact) mass is 309 g/mol. The second-order valence-electron chi connectivity index (χ2n) is 4.53. The molecule has 0 aliphatic rings. The quantitative estimate of drug-likeness (QED) is 0.889. The predicted octanol–water partition coefficient (Wildman–Crippen LogP) is 2.30. The number of hydrogen-bond donors (Lipinski definition) is 2. The topological polar surface area (TPSA) is 71.1 Å². The minimum atomic E-state index is -4.05. The third kappa shape index (κ3) is 3.56. The molecule has 2 rings (SSSR count). The van der Waals surface area contributed by atoms with Crippen LogP contribution in [0.4, 0.5) is 10.1 Å². The first-order valence-electron chi connectivity index (χ1n) is 6.34. The molecule has 112 valence electrons. The van der Waals surface area contributed by atoms with E-state index in [0.29, 0.717) is 5.69 Å². The van der Waals surface area contributed by atoms with Crippen molar-refractivity contribution >= 4 is 15.7 Å². The van der Waals surface area contributed by atoms with Crippen LogP contribution in [0.3, 0.4) is 0 Å². The lowest BCUT2D eigenvalue weighted by molar-refractivity contribution is 0.557. The fourth-order valence-corrected chi connectivity index (χ4v) is 2.87. The summed E-state index contributed by atoms with van der Waals surface area (Å²) in [6, 6.07) is 9.37. The Bertz CT molecular complexity index is 735. The van der Waals surface area contributed by atoms with Crippen LogP contribution in [0.1, 0.15) is 18.5 Å². The summed E-state index contributed by atoms with van der Waals surface area (Å²) in [6.07, 6.45) is 1.23. The highest BCUT2D eigenvalue weighted by Gasteiger charge is 2.20. The van der Waals surface area contributed by atoms with Crippen molar-refractivity contribution in [3.05, 3.63) is 54.0 Å². The maximum Gasteiger partial charge on any atom is 0.282 e. The molecule has 0 bridgehead atoms. The van der Waals surface area contributed by atoms with Crippen molar-refractivity contribution in [2.75, 3.05) is 11.8 Å². The molecule has 2 aromatic rings. The van der Waals surface area contributed by atoms with E-state index >= 15 is 0 Å². The van der Waals surface area contributed by atoms with Gasteiger partial charge in [-0.15, -0.1) is 0 Å². The standard InChI is InChI=1S/C14H16FN3O2S/c1-10(16-2)11-5-3-6-12(9-11)18-21(19,20)14-13(15)7-4-8-17-14/h3-10,16,18H,1-2H3. The number of rotatable bonds is 5. The summed E-state index contributed by atoms with van der Waals surface area (Å²) in [5, 5.41) is 2.45. The van der Waals surface area contributed by atoms with Crippen LogP contribution in [-0.4, -0.2) is 20.4 Å². The van der Waals surface area contributed by atoms with Crippen LogP contribution < -0.4 is 10.0 Å². The zero-order valence-electron chi connectivity index (χ0n) is 11.7. The van der Waals surface area contributed by atoms with Crippen molar-refractivity contribution in [1.82, 2.24) is 10.3 Å². The Morgan fingerprint density at radius 2 is 2.00 bits per heavy atom. The first-order chi connectivity index (χ1) is 9.94. The normalized spacial score (nSPS) is 12.9. The van der Waals surface area contributed by atoms with Gasteiger partial charge < -0.3 is 5.32 Å². The molecule has 0 radical (unpaired) electrons. The van der Waals surface area contributed by atoms with Crippen LogP contribution in [0, 0.1) is 5.82 Å². The summed E-state index contributed by atoms with van der Waals surface area (Å²) >= 11 is 0. The molecule has 0 saturated heterocycles. The van der Waals surface area contributed by atoms with Crippen molar-refractivity contribution in [3.8, 4) is 0 Å². The zero-order valence-corrected chi connectivity index (χ0v) is 12.5. The van der Waals surface area contributed by atoms with Crippen LogP contribution in [0.15, 0.2) is 47.6 Å². The van der Waals surface area contributed by atoms with Crippen LogP contribution in [0.2, 0.25) is 0 Å². The van der Waals surface area contributed by atoms with Gasteiger partial charge in [0, 0.05) is 17.9 Å². The van der Waals surface area contributed by atoms with Gasteiger partial charge >= 0.3 is 0 Å². The molecule has 0 spiro atoms. The molecule has 1 atom stereocenters. The second-order valence-corrected chi connectivity index (χ2v) is 6.13. The number of nitrogens with one attached hydrogen (secondary N) is 2. The number of nitrogens with zero attached hydrogens (tertiary/aromatic N) is 1. The fourth-order valence-electron chi connectivity index (χ4n) is 1.81. The first-order valence-corrected chi connectivity index (χ1v) is 7.83. The lowest BCUT2D eigenvalue weighted by Crippen LogP contribution is -2.17. The summed E-state index contributed by atoms with van der Waals surface area (Å²) < 4.78 is 40.2. The van der Waals surface area contributed by atoms with Gasteiger partial charge in [-0.25, -0.2) is 9.37 Å². The van der Waals surface area contributed by atoms with Crippen molar-refractivity contribution in [1.29, 1.82) is 0 Å². The van der Waals surface area contributed by atoms with E-state index in [1.54, 1.807) is 18.2 Å². The first kappa shape index (κ1) is 15.4. The summed E-state index contributed by atoms with van der Waals surface area (Å²) in [6.45, 7) is 1.95. The minimum absolute atomic E-state index is 0.0704. The molecule has 0 fully saturated rings. The average molecular weight is 309 g/mol. The van der Waals surface area contributed by atoms with Gasteiger partial charge in [0.1, 0.15) is 0 Å². The second kappa shape index (κ2) is 6.19. The lowest BCUT2D eigenvalue weighted by atomic mass is 10.1. The average Bonchev–Trinajstić information content (AvgIpc) is 2.46. The van der Waals surface area contributed by atoms with Gasteiger partial charge in [0.05, 0.1) is 0 Å². The molecule has 0 amide bonds. The largest absolute Gasteiger partial charge is 0.313 e. The van der Waals surface area contributed by atoms with E-state index in [0.717, 1.165) is 11.6 Å². The Morgan fingerprint density at radius 3 is 2.67 bits per heavy atom. The highest BCUT2D eigenvalue weighted by molar-refractivity contribution is 7.92. The molecule has 1 aromatic heterocycles. The molecule has 21 heavy (non-hydrogen) atoms. The number of aromatic nitrogens is 1. The number of benzene rings is 1. The third-order valence-electron chi connectivity index (χ3n) is 3.05. The van der Waals surface area contributed by atoms with Gasteiger partial charge in [-0.2, -0.15) is 8.42 Å². The van der Waals surface area contributed by atoms with Crippen LogP contribution >= 0.6 is 0 Å². The maximum absolute atomic E-state index is 13.6. The molecule has 0 aliphatic heterocycles. The molecule has 0 saturated carbocycles. The van der Waals surface area contributed by atoms with E-state index in [1.165, 1.54) is 12.3 Å². The Balaban J connectivity index is 2.31. The van der Waals surface area contributed by atoms with E-state index in [-0.39, 0.29) is 6.04 Å². The third-order valence-corrected chi connectivity index (χ3v) is 4.37. The van der Waals surface area contributed by atoms with Crippen molar-refractivity contribution in [2.24, 2.45) is 0 Å². The highest BCUT2D eigenvalue weighted by atomic mass is 32.2. The number of anilines is 1. The molecule has 1 unspecified atom stereocenters. The van der Waals surface area contributed by atoms with E-state index in [1.807, 2.05) is 20.0 Å². The summed E-state index contributed by atoms with van der Waals surface area (Å²) in [7, 11) is -2.24. The molecular weight excluding hydrogens is 293 g/mol. The zero-order chi connectivity index (χ0) is 15.5. The molecule has 0 aliphatic carbocycles. The predicted molar refractivity (Wildman–Crippen MR) is 78.9 cm³/mol. The maximum atomic E-state index is 13.6. The Labute approximate surface area is 123 Å². The lowest BCUT2D eigenvalue weighted by Gasteiger charge is -2.13. The summed E-state index contributed by atoms with van der Waals surface area (Å²) in [4.78, 5) is 3.58. The molecule has 2 N–H and O–H groups in total. The molecule has 1 heterocycles. The van der Waals surface area contributed by atoms with Gasteiger partial charge in [-0.1, -0.05) is 12.1 Å². The van der Waals surface area contributed by atoms with Crippen LogP contribution in [-0.2, 0) is 10.0 Å².